The predicted molar refractivity (Wildman–Crippen MR) is 50.1 cm³/mol. The van der Waals surface area contributed by atoms with E-state index in [4.69, 9.17) is 23.7 Å². The Morgan fingerprint density at radius 1 is 1.33 bits per heavy atom. The molecule has 1 heterocycles. The molecule has 0 aliphatic carbocycles. The number of hydrogen-bond donors (Lipinski definition) is 2. The molecule has 0 radical (unpaired) electrons. The molecule has 0 saturated carbocycles. The average Bonchev–Trinajstić information content (AvgIpc) is 1.82. The molecule has 1 rings (SSSR count). The summed E-state index contributed by atoms with van der Waals surface area (Å²) >= 11 is 4.96. The molecule has 0 amide bonds. The van der Waals surface area contributed by atoms with E-state index >= 15 is 0 Å². The largest absolute Gasteiger partial charge is 0.369 e. The molecule has 0 aromatic carbocycles. The van der Waals surface area contributed by atoms with Crippen LogP contribution in [0.3, 0.4) is 0 Å². The Hall–Kier alpha value is -1.17. The number of rotatable bonds is 1. The van der Waals surface area contributed by atoms with Crippen LogP contribution in [0, 0.1) is 4.77 Å². The van der Waals surface area contributed by atoms with Crippen molar-refractivity contribution in [3.8, 4) is 0 Å². The van der Waals surface area contributed by atoms with E-state index in [1.165, 1.54) is 0 Å². The highest BCUT2D eigenvalue weighted by atomic mass is 32.1. The van der Waals surface area contributed by atoms with Crippen LogP contribution in [0.2, 0.25) is 0 Å². The van der Waals surface area contributed by atoms with E-state index in [0.717, 1.165) is 0 Å². The number of aromatic nitrogens is 3. The zero-order valence-electron chi connectivity index (χ0n) is 6.98. The van der Waals surface area contributed by atoms with E-state index in [9.17, 15) is 0 Å². The van der Waals surface area contributed by atoms with Crippen LogP contribution in [0.25, 0.3) is 0 Å². The molecule has 1 aromatic heterocycles. The van der Waals surface area contributed by atoms with E-state index in [2.05, 4.69) is 9.97 Å². The maximum atomic E-state index is 5.59. The Labute approximate surface area is 75.4 Å². The molecule has 66 valence electrons. The number of hydrogen-bond acceptors (Lipinski definition) is 5. The smallest absolute Gasteiger partial charge is 0.225 e. The molecule has 0 bridgehead atoms. The third-order valence-corrected chi connectivity index (χ3v) is 1.70. The summed E-state index contributed by atoms with van der Waals surface area (Å²) in [5.41, 5.74) is 10.9. The van der Waals surface area contributed by atoms with Gasteiger partial charge in [-0.1, -0.05) is 0 Å². The Morgan fingerprint density at radius 3 is 2.33 bits per heavy atom. The minimum Gasteiger partial charge on any atom is -0.369 e. The first-order chi connectivity index (χ1) is 5.52. The Balaban J connectivity index is 3.39. The maximum absolute atomic E-state index is 5.59. The highest BCUT2D eigenvalue weighted by Crippen LogP contribution is 2.10. The topological polar surface area (TPSA) is 82.8 Å². The lowest BCUT2D eigenvalue weighted by Crippen LogP contribution is -2.14. The Bertz CT molecular complexity index is 342. The van der Waals surface area contributed by atoms with Crippen molar-refractivity contribution in [2.45, 2.75) is 19.9 Å². The first-order valence-corrected chi connectivity index (χ1v) is 3.94. The van der Waals surface area contributed by atoms with Crippen molar-refractivity contribution in [2.75, 3.05) is 11.5 Å². The molecular weight excluding hydrogens is 174 g/mol. The van der Waals surface area contributed by atoms with E-state index < -0.39 is 0 Å². The highest BCUT2D eigenvalue weighted by Gasteiger charge is 2.05. The van der Waals surface area contributed by atoms with Gasteiger partial charge >= 0.3 is 0 Å². The molecule has 0 fully saturated rings. The SMILES string of the molecule is CC(C)n1c(N)nc(N)nc1=S. The third-order valence-electron chi connectivity index (χ3n) is 1.41. The fraction of sp³-hybridized carbons (Fsp3) is 0.500. The number of nitrogens with zero attached hydrogens (tertiary/aromatic N) is 3. The molecule has 0 atom stereocenters. The average molecular weight is 185 g/mol. The summed E-state index contributed by atoms with van der Waals surface area (Å²) in [5.74, 6) is 0.428. The van der Waals surface area contributed by atoms with Crippen LogP contribution in [0.1, 0.15) is 19.9 Å². The van der Waals surface area contributed by atoms with Gasteiger partial charge in [0, 0.05) is 6.04 Å². The van der Waals surface area contributed by atoms with Gasteiger partial charge in [0.05, 0.1) is 0 Å². The van der Waals surface area contributed by atoms with Crippen molar-refractivity contribution in [3.05, 3.63) is 4.77 Å². The van der Waals surface area contributed by atoms with Crippen LogP contribution < -0.4 is 11.5 Å². The van der Waals surface area contributed by atoms with Crippen molar-refractivity contribution in [1.29, 1.82) is 0 Å². The van der Waals surface area contributed by atoms with Crippen LogP contribution in [0.15, 0.2) is 0 Å². The summed E-state index contributed by atoms with van der Waals surface area (Å²) in [6, 6.07) is 0.151. The first-order valence-electron chi connectivity index (χ1n) is 3.54. The summed E-state index contributed by atoms with van der Waals surface area (Å²) in [6.45, 7) is 3.90. The van der Waals surface area contributed by atoms with Gasteiger partial charge in [0.25, 0.3) is 0 Å². The predicted octanol–water partition coefficient (Wildman–Crippen LogP) is 0.753. The quantitative estimate of drug-likeness (QED) is 0.631. The molecule has 4 N–H and O–H groups in total. The lowest BCUT2D eigenvalue weighted by molar-refractivity contribution is 0.577. The maximum Gasteiger partial charge on any atom is 0.225 e. The van der Waals surface area contributed by atoms with Gasteiger partial charge < -0.3 is 11.5 Å². The Kier molecular flexibility index (Phi) is 2.27. The zero-order chi connectivity index (χ0) is 9.30. The first kappa shape index (κ1) is 8.92. The van der Waals surface area contributed by atoms with Gasteiger partial charge in [-0.2, -0.15) is 9.97 Å². The molecule has 1 aromatic rings. The normalized spacial score (nSPS) is 10.6. The van der Waals surface area contributed by atoms with Gasteiger partial charge in [-0.15, -0.1) is 0 Å². The minimum absolute atomic E-state index is 0.120. The van der Waals surface area contributed by atoms with Crippen LogP contribution >= 0.6 is 12.2 Å². The fourth-order valence-corrected chi connectivity index (χ4v) is 1.33. The number of anilines is 2. The van der Waals surface area contributed by atoms with Gasteiger partial charge in [0.2, 0.25) is 16.7 Å². The van der Waals surface area contributed by atoms with Gasteiger partial charge in [-0.05, 0) is 26.1 Å². The highest BCUT2D eigenvalue weighted by molar-refractivity contribution is 7.71. The van der Waals surface area contributed by atoms with Crippen LogP contribution in [-0.4, -0.2) is 14.5 Å². The van der Waals surface area contributed by atoms with Crippen LogP contribution in [0.4, 0.5) is 11.9 Å². The van der Waals surface area contributed by atoms with Crippen molar-refractivity contribution >= 4 is 24.1 Å². The summed E-state index contributed by atoms with van der Waals surface area (Å²) < 4.78 is 2.01. The van der Waals surface area contributed by atoms with E-state index in [0.29, 0.717) is 10.7 Å². The van der Waals surface area contributed by atoms with E-state index in [-0.39, 0.29) is 12.0 Å². The van der Waals surface area contributed by atoms with Crippen molar-refractivity contribution in [1.82, 2.24) is 14.5 Å². The number of nitrogen functional groups attached to an aromatic ring is 2. The molecule has 0 aliphatic heterocycles. The van der Waals surface area contributed by atoms with Crippen molar-refractivity contribution < 1.29 is 0 Å². The molecule has 5 nitrogen and oxygen atoms in total. The Morgan fingerprint density at radius 2 is 1.92 bits per heavy atom. The van der Waals surface area contributed by atoms with E-state index in [1.54, 1.807) is 4.57 Å². The van der Waals surface area contributed by atoms with Crippen LogP contribution in [0.5, 0.6) is 0 Å². The lowest BCUT2D eigenvalue weighted by Gasteiger charge is -2.12. The van der Waals surface area contributed by atoms with Gasteiger partial charge in [-0.3, -0.25) is 4.57 Å². The van der Waals surface area contributed by atoms with Gasteiger partial charge in [-0.25, -0.2) is 0 Å². The standard InChI is InChI=1S/C6H11N5S/c1-3(2)11-5(8)9-4(7)10-6(11)12/h3H,1-2H3,(H4,7,8,9,10,12). The monoisotopic (exact) mass is 185 g/mol. The second-order valence-electron chi connectivity index (χ2n) is 2.69. The van der Waals surface area contributed by atoms with Crippen molar-refractivity contribution in [2.24, 2.45) is 0 Å². The lowest BCUT2D eigenvalue weighted by atomic mass is 10.4. The third kappa shape index (κ3) is 1.53. The molecular formula is C6H11N5S. The van der Waals surface area contributed by atoms with Gasteiger partial charge in [0.1, 0.15) is 0 Å². The molecule has 0 aliphatic rings. The fourth-order valence-electron chi connectivity index (χ4n) is 0.932. The second-order valence-corrected chi connectivity index (χ2v) is 3.05. The zero-order valence-corrected chi connectivity index (χ0v) is 7.80. The summed E-state index contributed by atoms with van der Waals surface area (Å²) in [6.07, 6.45) is 0. The van der Waals surface area contributed by atoms with Gasteiger partial charge in [0.15, 0.2) is 0 Å². The second kappa shape index (κ2) is 3.06. The molecule has 0 spiro atoms. The summed E-state index contributed by atoms with van der Waals surface area (Å²) in [4.78, 5) is 7.62. The molecule has 6 heteroatoms. The molecule has 12 heavy (non-hydrogen) atoms. The number of nitrogens with two attached hydrogens (primary N) is 2. The van der Waals surface area contributed by atoms with Crippen molar-refractivity contribution in [3.63, 3.8) is 0 Å². The summed E-state index contributed by atoms with van der Waals surface area (Å²) in [7, 11) is 0. The molecule has 0 saturated heterocycles. The summed E-state index contributed by atoms with van der Waals surface area (Å²) in [5, 5.41) is 0. The molecule has 0 unspecified atom stereocenters. The minimum atomic E-state index is 0.120. The van der Waals surface area contributed by atoms with E-state index in [1.807, 2.05) is 13.8 Å². The van der Waals surface area contributed by atoms with Crippen LogP contribution in [-0.2, 0) is 0 Å².